The van der Waals surface area contributed by atoms with E-state index in [-0.39, 0.29) is 5.91 Å². The second-order valence-corrected chi connectivity index (χ2v) is 5.07. The van der Waals surface area contributed by atoms with Gasteiger partial charge in [0.1, 0.15) is 17.2 Å². The Balaban J connectivity index is 1.93. The molecule has 3 rings (SSSR count). The van der Waals surface area contributed by atoms with E-state index in [9.17, 15) is 4.79 Å². The smallest absolute Gasteiger partial charge is 0.260 e. The molecule has 7 nitrogen and oxygen atoms in total. The number of aromatic nitrogens is 2. The summed E-state index contributed by atoms with van der Waals surface area (Å²) in [4.78, 5) is 12.7. The van der Waals surface area contributed by atoms with E-state index in [1.54, 1.807) is 44.4 Å². The van der Waals surface area contributed by atoms with Gasteiger partial charge in [-0.15, -0.1) is 0 Å². The number of H-pyrrole nitrogens is 1. The first kappa shape index (κ1) is 15.7. The molecule has 3 aromatic rings. The quantitative estimate of drug-likeness (QED) is 0.751. The molecule has 2 heterocycles. The fourth-order valence-electron chi connectivity index (χ4n) is 2.39. The molecule has 0 atom stereocenters. The number of furan rings is 1. The third-order valence-electron chi connectivity index (χ3n) is 3.59. The van der Waals surface area contributed by atoms with Gasteiger partial charge in [-0.1, -0.05) is 0 Å². The molecule has 0 aliphatic heterocycles. The largest absolute Gasteiger partial charge is 0.497 e. The van der Waals surface area contributed by atoms with E-state index in [1.807, 2.05) is 0 Å². The molecule has 0 bridgehead atoms. The Morgan fingerprint density at radius 3 is 2.75 bits per heavy atom. The zero-order valence-electron chi connectivity index (χ0n) is 13.5. The van der Waals surface area contributed by atoms with E-state index < -0.39 is 0 Å². The Hall–Kier alpha value is -3.22. The predicted octanol–water partition coefficient (Wildman–Crippen LogP) is 3.25. The lowest BCUT2D eigenvalue weighted by atomic mass is 10.1. The number of hydrogen-bond donors (Lipinski definition) is 2. The Labute approximate surface area is 138 Å². The van der Waals surface area contributed by atoms with E-state index >= 15 is 0 Å². The van der Waals surface area contributed by atoms with Gasteiger partial charge in [-0.2, -0.15) is 5.10 Å². The minimum atomic E-state index is -0.309. The molecule has 0 aliphatic rings. The lowest BCUT2D eigenvalue weighted by molar-refractivity contribution is 0.102. The minimum absolute atomic E-state index is 0.309. The van der Waals surface area contributed by atoms with Gasteiger partial charge >= 0.3 is 0 Å². The standard InChI is InChI=1S/C17H17N3O4/c1-10-15(16(20-19-10)13-5-4-8-24-13)17(21)18-12-7-6-11(22-2)9-14(12)23-3/h4-9H,1-3H3,(H,18,21)(H,19,20). The summed E-state index contributed by atoms with van der Waals surface area (Å²) in [5.41, 5.74) is 2.06. The van der Waals surface area contributed by atoms with Gasteiger partial charge in [0.15, 0.2) is 5.76 Å². The Morgan fingerprint density at radius 1 is 1.25 bits per heavy atom. The van der Waals surface area contributed by atoms with Crippen LogP contribution in [0.1, 0.15) is 16.1 Å². The highest BCUT2D eigenvalue weighted by Gasteiger charge is 2.22. The summed E-state index contributed by atoms with van der Waals surface area (Å²) in [7, 11) is 3.10. The first-order chi connectivity index (χ1) is 11.6. The lowest BCUT2D eigenvalue weighted by Crippen LogP contribution is -2.14. The number of methoxy groups -OCH3 is 2. The second kappa shape index (κ2) is 6.49. The second-order valence-electron chi connectivity index (χ2n) is 5.07. The van der Waals surface area contributed by atoms with Crippen LogP contribution in [0.2, 0.25) is 0 Å². The van der Waals surface area contributed by atoms with Gasteiger partial charge in [0.05, 0.1) is 31.7 Å². The number of rotatable bonds is 5. The van der Waals surface area contributed by atoms with Crippen LogP contribution in [0, 0.1) is 6.92 Å². The van der Waals surface area contributed by atoms with Crippen LogP contribution in [-0.2, 0) is 0 Å². The molecule has 0 aliphatic carbocycles. The van der Waals surface area contributed by atoms with Crippen LogP contribution < -0.4 is 14.8 Å². The molecular formula is C17H17N3O4. The summed E-state index contributed by atoms with van der Waals surface area (Å²) in [6.07, 6.45) is 1.54. The summed E-state index contributed by atoms with van der Waals surface area (Å²) < 4.78 is 15.8. The van der Waals surface area contributed by atoms with Crippen molar-refractivity contribution in [3.8, 4) is 23.0 Å². The highest BCUT2D eigenvalue weighted by atomic mass is 16.5. The molecule has 7 heteroatoms. The Bertz CT molecular complexity index is 853. The number of amides is 1. The summed E-state index contributed by atoms with van der Waals surface area (Å²) >= 11 is 0. The summed E-state index contributed by atoms with van der Waals surface area (Å²) in [5.74, 6) is 1.35. The number of carbonyl (C=O) groups excluding carboxylic acids is 1. The van der Waals surface area contributed by atoms with E-state index in [4.69, 9.17) is 13.9 Å². The first-order valence-corrected chi connectivity index (χ1v) is 7.26. The normalized spacial score (nSPS) is 10.5. The minimum Gasteiger partial charge on any atom is -0.497 e. The molecule has 24 heavy (non-hydrogen) atoms. The average Bonchev–Trinajstić information content (AvgIpc) is 3.24. The maximum Gasteiger partial charge on any atom is 0.260 e. The van der Waals surface area contributed by atoms with Crippen LogP contribution in [0.25, 0.3) is 11.5 Å². The molecule has 0 spiro atoms. The van der Waals surface area contributed by atoms with Gasteiger partial charge in [0.25, 0.3) is 5.91 Å². The Kier molecular flexibility index (Phi) is 4.24. The number of anilines is 1. The summed E-state index contributed by atoms with van der Waals surface area (Å²) in [6.45, 7) is 1.78. The number of ether oxygens (including phenoxy) is 2. The predicted molar refractivity (Wildman–Crippen MR) is 88.5 cm³/mol. The maximum atomic E-state index is 12.7. The zero-order chi connectivity index (χ0) is 17.1. The van der Waals surface area contributed by atoms with Gasteiger partial charge in [0, 0.05) is 11.8 Å². The van der Waals surface area contributed by atoms with E-state index in [0.717, 1.165) is 0 Å². The number of aromatic amines is 1. The first-order valence-electron chi connectivity index (χ1n) is 7.26. The molecule has 0 radical (unpaired) electrons. The van der Waals surface area contributed by atoms with Gasteiger partial charge in [0.2, 0.25) is 0 Å². The van der Waals surface area contributed by atoms with Gasteiger partial charge in [-0.25, -0.2) is 0 Å². The maximum absolute atomic E-state index is 12.7. The van der Waals surface area contributed by atoms with Crippen molar-refractivity contribution in [3.05, 3.63) is 47.9 Å². The molecule has 2 aromatic heterocycles. The Morgan fingerprint density at radius 2 is 2.08 bits per heavy atom. The van der Waals surface area contributed by atoms with Crippen LogP contribution in [-0.4, -0.2) is 30.3 Å². The van der Waals surface area contributed by atoms with Crippen molar-refractivity contribution in [2.75, 3.05) is 19.5 Å². The van der Waals surface area contributed by atoms with Crippen molar-refractivity contribution in [1.29, 1.82) is 0 Å². The number of nitrogens with one attached hydrogen (secondary N) is 2. The van der Waals surface area contributed by atoms with Crippen molar-refractivity contribution in [1.82, 2.24) is 10.2 Å². The monoisotopic (exact) mass is 327 g/mol. The fourth-order valence-corrected chi connectivity index (χ4v) is 2.39. The highest BCUT2D eigenvalue weighted by molar-refractivity contribution is 6.09. The highest BCUT2D eigenvalue weighted by Crippen LogP contribution is 2.31. The van der Waals surface area contributed by atoms with Crippen molar-refractivity contribution in [2.24, 2.45) is 0 Å². The fraction of sp³-hybridized carbons (Fsp3) is 0.176. The molecule has 0 saturated heterocycles. The van der Waals surface area contributed by atoms with Crippen LogP contribution in [0.5, 0.6) is 11.5 Å². The third kappa shape index (κ3) is 2.83. The summed E-state index contributed by atoms with van der Waals surface area (Å²) in [5, 5.41) is 9.81. The van der Waals surface area contributed by atoms with E-state index in [2.05, 4.69) is 15.5 Å². The molecule has 124 valence electrons. The van der Waals surface area contributed by atoms with Crippen LogP contribution >= 0.6 is 0 Å². The van der Waals surface area contributed by atoms with Crippen molar-refractivity contribution < 1.29 is 18.7 Å². The molecular weight excluding hydrogens is 310 g/mol. The van der Waals surface area contributed by atoms with Crippen LogP contribution in [0.15, 0.2) is 41.0 Å². The van der Waals surface area contributed by atoms with E-state index in [1.165, 1.54) is 13.4 Å². The molecule has 1 amide bonds. The van der Waals surface area contributed by atoms with Crippen LogP contribution in [0.4, 0.5) is 5.69 Å². The molecule has 0 saturated carbocycles. The third-order valence-corrected chi connectivity index (χ3v) is 3.59. The number of hydrogen-bond acceptors (Lipinski definition) is 5. The topological polar surface area (TPSA) is 89.4 Å². The number of carbonyl (C=O) groups is 1. The number of aryl methyl sites for hydroxylation is 1. The molecule has 2 N–H and O–H groups in total. The summed E-state index contributed by atoms with van der Waals surface area (Å²) in [6, 6.07) is 8.66. The molecule has 1 aromatic carbocycles. The number of benzene rings is 1. The van der Waals surface area contributed by atoms with E-state index in [0.29, 0.717) is 39.9 Å². The van der Waals surface area contributed by atoms with Crippen molar-refractivity contribution in [3.63, 3.8) is 0 Å². The lowest BCUT2D eigenvalue weighted by Gasteiger charge is -2.11. The van der Waals surface area contributed by atoms with Crippen molar-refractivity contribution >= 4 is 11.6 Å². The molecule has 0 unspecified atom stereocenters. The van der Waals surface area contributed by atoms with Crippen LogP contribution in [0.3, 0.4) is 0 Å². The van der Waals surface area contributed by atoms with Gasteiger partial charge in [-0.3, -0.25) is 9.89 Å². The average molecular weight is 327 g/mol. The van der Waals surface area contributed by atoms with Gasteiger partial charge in [-0.05, 0) is 31.2 Å². The number of nitrogens with zero attached hydrogens (tertiary/aromatic N) is 1. The van der Waals surface area contributed by atoms with Crippen molar-refractivity contribution in [2.45, 2.75) is 6.92 Å². The zero-order valence-corrected chi connectivity index (χ0v) is 13.5. The SMILES string of the molecule is COc1ccc(NC(=O)c2c(-c3ccco3)n[nH]c2C)c(OC)c1. The molecule has 0 fully saturated rings. The van der Waals surface area contributed by atoms with Gasteiger partial charge < -0.3 is 19.2 Å².